The van der Waals surface area contributed by atoms with Gasteiger partial charge < -0.3 is 0 Å². The Hall–Kier alpha value is 0.0200. The summed E-state index contributed by atoms with van der Waals surface area (Å²) in [4.78, 5) is 2.21. The molecular weight excluding hydrogens is 183 g/mol. The fourth-order valence-corrected chi connectivity index (χ4v) is 2.78. The molecule has 0 aromatic carbocycles. The monoisotopic (exact) mass is 205 g/mol. The first-order valence-electron chi connectivity index (χ1n) is 5.11. The minimum Gasteiger partial charge on any atom is -0.261 e. The predicted molar refractivity (Wildman–Crippen MR) is 58.3 cm³/mol. The van der Waals surface area contributed by atoms with Crippen molar-refractivity contribution in [1.29, 1.82) is 0 Å². The Morgan fingerprint density at radius 1 is 0.923 bits per heavy atom. The van der Waals surface area contributed by atoms with E-state index in [1.807, 2.05) is 4.67 Å². The molecule has 0 spiro atoms. The van der Waals surface area contributed by atoms with E-state index in [1.54, 1.807) is 0 Å². The normalized spacial score (nSPS) is 12.6. The van der Waals surface area contributed by atoms with Crippen LogP contribution >= 0.6 is 7.95 Å². The predicted octanol–water partition coefficient (Wildman–Crippen LogP) is 2.37. The zero-order chi connectivity index (χ0) is 10.3. The van der Waals surface area contributed by atoms with Gasteiger partial charge in [-0.25, -0.2) is 0 Å². The fraction of sp³-hybridized carbons (Fsp3) is 1.00. The maximum Gasteiger partial charge on any atom is 0.450 e. The Labute approximate surface area is 82.9 Å². The third-order valence-electron chi connectivity index (χ3n) is 2.26. The van der Waals surface area contributed by atoms with Gasteiger partial charge in [-0.05, 0) is 31.5 Å². The molecule has 0 aliphatic rings. The van der Waals surface area contributed by atoms with Crippen LogP contribution in [0.25, 0.3) is 0 Å². The highest BCUT2D eigenvalue weighted by Gasteiger charge is 2.25. The Balaban J connectivity index is 3.95. The van der Waals surface area contributed by atoms with Crippen molar-refractivity contribution < 1.29 is 4.57 Å². The van der Waals surface area contributed by atoms with Gasteiger partial charge in [-0.3, -0.25) is 4.90 Å². The molecule has 0 aliphatic carbocycles. The van der Waals surface area contributed by atoms with Gasteiger partial charge in [0.1, 0.15) is 0 Å². The Morgan fingerprint density at radius 2 is 1.38 bits per heavy atom. The second-order valence-electron chi connectivity index (χ2n) is 2.94. The summed E-state index contributed by atoms with van der Waals surface area (Å²) in [6, 6.07) is 0. The highest BCUT2D eigenvalue weighted by molar-refractivity contribution is 7.41. The molecule has 3 nitrogen and oxygen atoms in total. The van der Waals surface area contributed by atoms with Crippen LogP contribution in [0.5, 0.6) is 0 Å². The van der Waals surface area contributed by atoms with Crippen molar-refractivity contribution in [2.75, 3.05) is 32.5 Å². The molecule has 0 aromatic rings. The number of rotatable bonds is 7. The summed E-state index contributed by atoms with van der Waals surface area (Å²) < 4.78 is 13.8. The van der Waals surface area contributed by atoms with E-state index in [1.165, 1.54) is 0 Å². The van der Waals surface area contributed by atoms with E-state index in [2.05, 4.69) is 32.6 Å². The third kappa shape index (κ3) is 4.70. The van der Waals surface area contributed by atoms with Crippen LogP contribution in [0.1, 0.15) is 27.7 Å². The van der Waals surface area contributed by atoms with Crippen LogP contribution in [0.3, 0.4) is 0 Å². The van der Waals surface area contributed by atoms with Crippen molar-refractivity contribution in [2.45, 2.75) is 27.7 Å². The van der Waals surface area contributed by atoms with Crippen LogP contribution < -0.4 is 0 Å². The molecule has 1 unspecified atom stereocenters. The van der Waals surface area contributed by atoms with E-state index < -0.39 is 7.95 Å². The topological polar surface area (TPSA) is 23.6 Å². The van der Waals surface area contributed by atoms with Gasteiger partial charge in [0, 0.05) is 13.1 Å². The molecular formula is C9H22N2OP+. The Kier molecular flexibility index (Phi) is 7.44. The van der Waals surface area contributed by atoms with Gasteiger partial charge in [0.05, 0.1) is 0 Å². The van der Waals surface area contributed by atoms with E-state index in [9.17, 15) is 4.57 Å². The van der Waals surface area contributed by atoms with Crippen molar-refractivity contribution in [1.82, 2.24) is 9.57 Å². The van der Waals surface area contributed by atoms with Crippen LogP contribution in [0.4, 0.5) is 0 Å². The zero-order valence-electron chi connectivity index (χ0n) is 9.29. The molecule has 0 N–H and O–H groups in total. The number of hydrogen-bond donors (Lipinski definition) is 0. The van der Waals surface area contributed by atoms with Gasteiger partial charge in [-0.2, -0.15) is 0 Å². The molecule has 0 saturated heterocycles. The summed E-state index contributed by atoms with van der Waals surface area (Å²) in [5, 5.41) is 0. The maximum absolute atomic E-state index is 11.8. The van der Waals surface area contributed by atoms with E-state index in [0.29, 0.717) is 6.29 Å². The minimum atomic E-state index is -1.19. The largest absolute Gasteiger partial charge is 0.450 e. The molecule has 0 amide bonds. The second-order valence-corrected chi connectivity index (χ2v) is 4.49. The van der Waals surface area contributed by atoms with Crippen LogP contribution in [-0.2, 0) is 4.57 Å². The van der Waals surface area contributed by atoms with Crippen LogP contribution in [-0.4, -0.2) is 42.0 Å². The lowest BCUT2D eigenvalue weighted by Gasteiger charge is -2.13. The summed E-state index contributed by atoms with van der Waals surface area (Å²) >= 11 is 0. The molecule has 0 saturated carbocycles. The standard InChI is InChI=1S/C9H22N2OP/c1-5-10(6-2)9-13(12)11(7-3)8-4/h5-9H2,1-4H3/q+1. The highest BCUT2D eigenvalue weighted by atomic mass is 31.1. The second kappa shape index (κ2) is 7.43. The SMILES string of the molecule is CCN(CC)C[P+](=O)N(CC)CC. The van der Waals surface area contributed by atoms with E-state index in [4.69, 9.17) is 0 Å². The van der Waals surface area contributed by atoms with Crippen LogP contribution in [0, 0.1) is 0 Å². The van der Waals surface area contributed by atoms with Crippen molar-refractivity contribution >= 4 is 7.95 Å². The van der Waals surface area contributed by atoms with Gasteiger partial charge in [-0.15, -0.1) is 0 Å². The van der Waals surface area contributed by atoms with Gasteiger partial charge in [-0.1, -0.05) is 18.5 Å². The van der Waals surface area contributed by atoms with Gasteiger partial charge in [0.25, 0.3) is 0 Å². The molecule has 0 radical (unpaired) electrons. The Morgan fingerprint density at radius 3 is 1.69 bits per heavy atom. The molecule has 0 heterocycles. The van der Waals surface area contributed by atoms with Crippen molar-refractivity contribution in [2.24, 2.45) is 0 Å². The summed E-state index contributed by atoms with van der Waals surface area (Å²) in [6.07, 6.45) is 0.712. The fourth-order valence-electron chi connectivity index (χ4n) is 1.22. The molecule has 4 heteroatoms. The van der Waals surface area contributed by atoms with Crippen molar-refractivity contribution in [3.05, 3.63) is 0 Å². The van der Waals surface area contributed by atoms with Gasteiger partial charge in [0.2, 0.25) is 6.29 Å². The average Bonchev–Trinajstić information content (AvgIpc) is 2.16. The molecule has 1 atom stereocenters. The van der Waals surface area contributed by atoms with Crippen LogP contribution in [0.15, 0.2) is 0 Å². The number of nitrogens with zero attached hydrogens (tertiary/aromatic N) is 2. The van der Waals surface area contributed by atoms with Crippen LogP contribution in [0.2, 0.25) is 0 Å². The molecule has 0 fully saturated rings. The van der Waals surface area contributed by atoms with E-state index >= 15 is 0 Å². The first-order chi connectivity index (χ1) is 6.19. The lowest BCUT2D eigenvalue weighted by molar-refractivity contribution is 0.338. The summed E-state index contributed by atoms with van der Waals surface area (Å²) in [7, 11) is -1.19. The molecule has 13 heavy (non-hydrogen) atoms. The summed E-state index contributed by atoms with van der Waals surface area (Å²) in [6.45, 7) is 12.1. The average molecular weight is 205 g/mol. The molecule has 0 aliphatic heterocycles. The lowest BCUT2D eigenvalue weighted by Crippen LogP contribution is -2.26. The zero-order valence-corrected chi connectivity index (χ0v) is 10.2. The maximum atomic E-state index is 11.8. The molecule has 0 bridgehead atoms. The minimum absolute atomic E-state index is 0.712. The first kappa shape index (κ1) is 13.0. The van der Waals surface area contributed by atoms with E-state index in [-0.39, 0.29) is 0 Å². The highest BCUT2D eigenvalue weighted by Crippen LogP contribution is 2.26. The summed E-state index contributed by atoms with van der Waals surface area (Å²) in [5.74, 6) is 0. The molecule has 78 valence electrons. The van der Waals surface area contributed by atoms with Crippen molar-refractivity contribution in [3.63, 3.8) is 0 Å². The van der Waals surface area contributed by atoms with Gasteiger partial charge in [0.15, 0.2) is 0 Å². The molecule has 0 rings (SSSR count). The van der Waals surface area contributed by atoms with Gasteiger partial charge >= 0.3 is 7.95 Å². The third-order valence-corrected chi connectivity index (χ3v) is 4.10. The summed E-state index contributed by atoms with van der Waals surface area (Å²) in [5.41, 5.74) is 0. The Bertz CT molecular complexity index is 145. The number of hydrogen-bond acceptors (Lipinski definition) is 2. The smallest absolute Gasteiger partial charge is 0.261 e. The quantitative estimate of drug-likeness (QED) is 0.596. The van der Waals surface area contributed by atoms with Crippen molar-refractivity contribution in [3.8, 4) is 0 Å². The molecule has 0 aromatic heterocycles. The van der Waals surface area contributed by atoms with E-state index in [0.717, 1.165) is 26.2 Å². The lowest BCUT2D eigenvalue weighted by atomic mass is 10.6. The first-order valence-corrected chi connectivity index (χ1v) is 6.51.